The van der Waals surface area contributed by atoms with Gasteiger partial charge in [0, 0.05) is 30.8 Å². The van der Waals surface area contributed by atoms with Crippen molar-refractivity contribution in [2.24, 2.45) is 0 Å². The number of nitrogens with zero attached hydrogens (tertiary/aromatic N) is 3. The Hall–Kier alpha value is -1.73. The van der Waals surface area contributed by atoms with Crippen molar-refractivity contribution < 1.29 is 8.42 Å². The van der Waals surface area contributed by atoms with Crippen molar-refractivity contribution in [1.29, 1.82) is 0 Å². The molecule has 1 aliphatic rings. The monoisotopic (exact) mass is 334 g/mol. The van der Waals surface area contributed by atoms with Crippen molar-refractivity contribution >= 4 is 9.84 Å². The Labute approximate surface area is 136 Å². The summed E-state index contributed by atoms with van der Waals surface area (Å²) in [7, 11) is -2.91. The molecule has 1 saturated heterocycles. The lowest BCUT2D eigenvalue weighted by atomic mass is 9.97. The van der Waals surface area contributed by atoms with Gasteiger partial charge < -0.3 is 4.90 Å². The number of benzene rings is 1. The van der Waals surface area contributed by atoms with Crippen LogP contribution < -0.4 is 0 Å². The Balaban J connectivity index is 1.66. The van der Waals surface area contributed by atoms with Crippen LogP contribution in [-0.2, 0) is 9.84 Å². The average molecular weight is 334 g/mol. The van der Waals surface area contributed by atoms with Crippen LogP contribution in [0.15, 0.2) is 30.3 Å². The standard InChI is InChI=1S/C16H22N4O2S/c1-23(21,22)11-10-20-9-5-8-14(12-20)16-17-15(18-19-16)13-6-3-2-4-7-13/h2-4,6-7,14H,5,8-12H2,1H3,(H,17,18,19). The van der Waals surface area contributed by atoms with Gasteiger partial charge in [0.15, 0.2) is 5.82 Å². The lowest BCUT2D eigenvalue weighted by Gasteiger charge is -2.31. The number of hydrogen-bond acceptors (Lipinski definition) is 5. The van der Waals surface area contributed by atoms with Crippen LogP contribution in [0, 0.1) is 0 Å². The lowest BCUT2D eigenvalue weighted by Crippen LogP contribution is -2.37. The number of aromatic amines is 1. The number of nitrogens with one attached hydrogen (secondary N) is 1. The van der Waals surface area contributed by atoms with Crippen LogP contribution in [0.4, 0.5) is 0 Å². The minimum Gasteiger partial charge on any atom is -0.302 e. The first-order chi connectivity index (χ1) is 11.0. The quantitative estimate of drug-likeness (QED) is 0.900. The normalized spacial score (nSPS) is 19.8. The molecule has 1 atom stereocenters. The van der Waals surface area contributed by atoms with E-state index in [2.05, 4.69) is 20.1 Å². The molecule has 1 N–H and O–H groups in total. The van der Waals surface area contributed by atoms with Gasteiger partial charge in [-0.1, -0.05) is 30.3 Å². The van der Waals surface area contributed by atoms with Gasteiger partial charge in [0.25, 0.3) is 0 Å². The van der Waals surface area contributed by atoms with E-state index in [0.29, 0.717) is 12.4 Å². The van der Waals surface area contributed by atoms with Crippen molar-refractivity contribution in [3.05, 3.63) is 36.2 Å². The first kappa shape index (κ1) is 16.1. The molecule has 0 spiro atoms. The fourth-order valence-electron chi connectivity index (χ4n) is 2.95. The molecule has 1 unspecified atom stereocenters. The largest absolute Gasteiger partial charge is 0.302 e. The molecule has 0 bridgehead atoms. The molecule has 23 heavy (non-hydrogen) atoms. The van der Waals surface area contributed by atoms with Crippen molar-refractivity contribution in [2.45, 2.75) is 18.8 Å². The van der Waals surface area contributed by atoms with E-state index < -0.39 is 9.84 Å². The third-order valence-corrected chi connectivity index (χ3v) is 5.13. The second kappa shape index (κ2) is 6.80. The number of likely N-dealkylation sites (tertiary alicyclic amines) is 1. The van der Waals surface area contributed by atoms with Crippen LogP contribution >= 0.6 is 0 Å². The maximum absolute atomic E-state index is 11.3. The van der Waals surface area contributed by atoms with Gasteiger partial charge in [-0.2, -0.15) is 5.10 Å². The predicted octanol–water partition coefficient (Wildman–Crippen LogP) is 1.70. The highest BCUT2D eigenvalue weighted by Gasteiger charge is 2.24. The van der Waals surface area contributed by atoms with Gasteiger partial charge in [-0.3, -0.25) is 5.10 Å². The molecule has 1 aliphatic heterocycles. The van der Waals surface area contributed by atoms with Crippen molar-refractivity contribution in [1.82, 2.24) is 20.1 Å². The lowest BCUT2D eigenvalue weighted by molar-refractivity contribution is 0.215. The van der Waals surface area contributed by atoms with Gasteiger partial charge in [0.2, 0.25) is 0 Å². The summed E-state index contributed by atoms with van der Waals surface area (Å²) in [6, 6.07) is 9.90. The van der Waals surface area contributed by atoms with E-state index >= 15 is 0 Å². The molecular formula is C16H22N4O2S. The highest BCUT2D eigenvalue weighted by Crippen LogP contribution is 2.25. The molecule has 0 amide bonds. The maximum atomic E-state index is 11.3. The van der Waals surface area contributed by atoms with Crippen LogP contribution in [0.25, 0.3) is 11.4 Å². The van der Waals surface area contributed by atoms with Crippen LogP contribution in [-0.4, -0.2) is 60.1 Å². The molecule has 1 fully saturated rings. The summed E-state index contributed by atoms with van der Waals surface area (Å²) >= 11 is 0. The minimum atomic E-state index is -2.91. The molecule has 0 aliphatic carbocycles. The van der Waals surface area contributed by atoms with Gasteiger partial charge in [0.05, 0.1) is 5.75 Å². The van der Waals surface area contributed by atoms with Gasteiger partial charge >= 0.3 is 0 Å². The van der Waals surface area contributed by atoms with E-state index in [1.165, 1.54) is 6.26 Å². The first-order valence-electron chi connectivity index (χ1n) is 7.89. The summed E-state index contributed by atoms with van der Waals surface area (Å²) in [6.07, 6.45) is 3.39. The van der Waals surface area contributed by atoms with Gasteiger partial charge in [-0.15, -0.1) is 0 Å². The summed E-state index contributed by atoms with van der Waals surface area (Å²) in [5.74, 6) is 2.11. The molecule has 6 nitrogen and oxygen atoms in total. The summed E-state index contributed by atoms with van der Waals surface area (Å²) in [6.45, 7) is 2.37. The molecular weight excluding hydrogens is 312 g/mol. The van der Waals surface area contributed by atoms with E-state index in [1.807, 2.05) is 30.3 Å². The SMILES string of the molecule is CS(=O)(=O)CCN1CCCC(c2nc(-c3ccccc3)n[nH]2)C1. The molecule has 3 rings (SSSR count). The topological polar surface area (TPSA) is 79.0 Å². The zero-order valence-electron chi connectivity index (χ0n) is 13.3. The second-order valence-electron chi connectivity index (χ2n) is 6.18. The highest BCUT2D eigenvalue weighted by atomic mass is 32.2. The van der Waals surface area contributed by atoms with Gasteiger partial charge in [0.1, 0.15) is 15.7 Å². The highest BCUT2D eigenvalue weighted by molar-refractivity contribution is 7.90. The van der Waals surface area contributed by atoms with E-state index in [-0.39, 0.29) is 11.7 Å². The average Bonchev–Trinajstić information content (AvgIpc) is 3.03. The summed E-state index contributed by atoms with van der Waals surface area (Å²) < 4.78 is 22.7. The Bertz CT molecular complexity index is 742. The van der Waals surface area contributed by atoms with Crippen LogP contribution in [0.3, 0.4) is 0 Å². The number of aromatic nitrogens is 3. The fourth-order valence-corrected chi connectivity index (χ4v) is 3.54. The van der Waals surface area contributed by atoms with E-state index in [1.54, 1.807) is 0 Å². The number of H-pyrrole nitrogens is 1. The molecule has 2 heterocycles. The van der Waals surface area contributed by atoms with Gasteiger partial charge in [-0.25, -0.2) is 13.4 Å². The van der Waals surface area contributed by atoms with Gasteiger partial charge in [-0.05, 0) is 19.4 Å². The van der Waals surface area contributed by atoms with Crippen LogP contribution in [0.2, 0.25) is 0 Å². The van der Waals surface area contributed by atoms with Crippen molar-refractivity contribution in [3.8, 4) is 11.4 Å². The number of rotatable bonds is 5. The Morgan fingerprint density at radius 1 is 1.30 bits per heavy atom. The molecule has 1 aromatic carbocycles. The molecule has 0 saturated carbocycles. The Kier molecular flexibility index (Phi) is 4.77. The van der Waals surface area contributed by atoms with Crippen molar-refractivity contribution in [3.63, 3.8) is 0 Å². The van der Waals surface area contributed by atoms with E-state index in [9.17, 15) is 8.42 Å². The number of sulfone groups is 1. The molecule has 7 heteroatoms. The summed E-state index contributed by atoms with van der Waals surface area (Å²) in [4.78, 5) is 6.84. The molecule has 1 aromatic heterocycles. The predicted molar refractivity (Wildman–Crippen MR) is 89.9 cm³/mol. The number of hydrogen-bond donors (Lipinski definition) is 1. The van der Waals surface area contributed by atoms with E-state index in [0.717, 1.165) is 37.3 Å². The first-order valence-corrected chi connectivity index (χ1v) is 9.95. The maximum Gasteiger partial charge on any atom is 0.181 e. The number of piperidine rings is 1. The molecule has 124 valence electrons. The minimum absolute atomic E-state index is 0.214. The van der Waals surface area contributed by atoms with Crippen LogP contribution in [0.5, 0.6) is 0 Å². The van der Waals surface area contributed by atoms with E-state index in [4.69, 9.17) is 0 Å². The molecule has 0 radical (unpaired) electrons. The zero-order valence-corrected chi connectivity index (χ0v) is 14.1. The fraction of sp³-hybridized carbons (Fsp3) is 0.500. The van der Waals surface area contributed by atoms with Crippen LogP contribution in [0.1, 0.15) is 24.6 Å². The summed E-state index contributed by atoms with van der Waals surface area (Å²) in [5, 5.41) is 7.38. The smallest absolute Gasteiger partial charge is 0.181 e. The Morgan fingerprint density at radius 3 is 2.83 bits per heavy atom. The van der Waals surface area contributed by atoms with Crippen molar-refractivity contribution in [2.75, 3.05) is 31.6 Å². The third-order valence-electron chi connectivity index (χ3n) is 4.21. The molecule has 2 aromatic rings. The summed E-state index contributed by atoms with van der Waals surface area (Å²) in [5.41, 5.74) is 1.000. The Morgan fingerprint density at radius 2 is 2.09 bits per heavy atom. The zero-order chi connectivity index (χ0) is 16.3. The second-order valence-corrected chi connectivity index (χ2v) is 8.44. The third kappa shape index (κ3) is 4.39.